The Morgan fingerprint density at radius 3 is 2.94 bits per heavy atom. The van der Waals surface area contributed by atoms with Gasteiger partial charge in [-0.05, 0) is 25.5 Å². The van der Waals surface area contributed by atoms with Crippen LogP contribution in [0.4, 0.5) is 4.39 Å². The second-order valence-electron chi connectivity index (χ2n) is 4.42. The molecule has 0 radical (unpaired) electrons. The lowest BCUT2D eigenvalue weighted by atomic mass is 10.1. The minimum Gasteiger partial charge on any atom is -0.379 e. The van der Waals surface area contributed by atoms with Crippen molar-refractivity contribution in [2.75, 3.05) is 20.3 Å². The summed E-state index contributed by atoms with van der Waals surface area (Å²) in [6.07, 6.45) is 0.815. The van der Waals surface area contributed by atoms with Crippen LogP contribution < -0.4 is 0 Å². The van der Waals surface area contributed by atoms with E-state index >= 15 is 0 Å². The number of benzene rings is 1. The predicted octanol–water partition coefficient (Wildman–Crippen LogP) is 2.00. The number of ether oxygens (including phenoxy) is 1. The van der Waals surface area contributed by atoms with E-state index in [1.165, 1.54) is 6.07 Å². The molecule has 17 heavy (non-hydrogen) atoms. The lowest BCUT2D eigenvalue weighted by molar-refractivity contribution is 0.0706. The first kappa shape index (κ1) is 12.0. The van der Waals surface area contributed by atoms with Gasteiger partial charge in [0.25, 0.3) is 5.91 Å². The Labute approximate surface area is 100 Å². The monoisotopic (exact) mass is 237 g/mol. The van der Waals surface area contributed by atoms with Crippen molar-refractivity contribution in [1.82, 2.24) is 4.90 Å². The van der Waals surface area contributed by atoms with Crippen molar-refractivity contribution in [2.24, 2.45) is 0 Å². The van der Waals surface area contributed by atoms with Gasteiger partial charge in [0.05, 0.1) is 18.2 Å². The highest BCUT2D eigenvalue weighted by Crippen LogP contribution is 2.17. The number of likely N-dealkylation sites (N-methyl/N-ethyl adjacent to an activating group) is 1. The van der Waals surface area contributed by atoms with E-state index in [0.29, 0.717) is 13.2 Å². The summed E-state index contributed by atoms with van der Waals surface area (Å²) >= 11 is 0. The third kappa shape index (κ3) is 2.47. The molecule has 0 aliphatic carbocycles. The Morgan fingerprint density at radius 1 is 1.53 bits per heavy atom. The molecule has 1 heterocycles. The fourth-order valence-corrected chi connectivity index (χ4v) is 1.99. The van der Waals surface area contributed by atoms with E-state index in [0.717, 1.165) is 12.0 Å². The maximum Gasteiger partial charge on any atom is 0.256 e. The van der Waals surface area contributed by atoms with E-state index in [4.69, 9.17) is 4.74 Å². The lowest BCUT2D eigenvalue weighted by Gasteiger charge is -2.23. The van der Waals surface area contributed by atoms with Gasteiger partial charge < -0.3 is 9.64 Å². The smallest absolute Gasteiger partial charge is 0.256 e. The van der Waals surface area contributed by atoms with Crippen LogP contribution in [0.1, 0.15) is 22.3 Å². The molecule has 0 N–H and O–H groups in total. The van der Waals surface area contributed by atoms with E-state index < -0.39 is 5.82 Å². The van der Waals surface area contributed by atoms with Crippen LogP contribution in [-0.4, -0.2) is 37.1 Å². The van der Waals surface area contributed by atoms with Gasteiger partial charge in [-0.25, -0.2) is 4.39 Å². The summed E-state index contributed by atoms with van der Waals surface area (Å²) in [5.41, 5.74) is 1.02. The first-order valence-electron chi connectivity index (χ1n) is 5.70. The lowest BCUT2D eigenvalue weighted by Crippen LogP contribution is -2.37. The van der Waals surface area contributed by atoms with Crippen LogP contribution in [0.15, 0.2) is 18.2 Å². The fourth-order valence-electron chi connectivity index (χ4n) is 1.99. The third-order valence-corrected chi connectivity index (χ3v) is 3.13. The van der Waals surface area contributed by atoms with Gasteiger partial charge in [-0.15, -0.1) is 0 Å². The Kier molecular flexibility index (Phi) is 3.43. The van der Waals surface area contributed by atoms with Crippen molar-refractivity contribution < 1.29 is 13.9 Å². The zero-order valence-corrected chi connectivity index (χ0v) is 10.1. The molecule has 3 nitrogen and oxygen atoms in total. The van der Waals surface area contributed by atoms with Gasteiger partial charge in [-0.1, -0.05) is 11.6 Å². The van der Waals surface area contributed by atoms with Crippen LogP contribution >= 0.6 is 0 Å². The molecule has 0 spiro atoms. The topological polar surface area (TPSA) is 29.5 Å². The maximum atomic E-state index is 13.6. The SMILES string of the molecule is Cc1ccc(F)c(C(=O)N(C)C2CCOC2)c1. The van der Waals surface area contributed by atoms with E-state index in [-0.39, 0.29) is 17.5 Å². The highest BCUT2D eigenvalue weighted by molar-refractivity contribution is 5.94. The van der Waals surface area contributed by atoms with Gasteiger partial charge >= 0.3 is 0 Å². The third-order valence-electron chi connectivity index (χ3n) is 3.13. The number of amides is 1. The zero-order chi connectivity index (χ0) is 12.4. The van der Waals surface area contributed by atoms with Crippen molar-refractivity contribution in [3.05, 3.63) is 35.1 Å². The van der Waals surface area contributed by atoms with Crippen molar-refractivity contribution in [1.29, 1.82) is 0 Å². The molecule has 0 saturated carbocycles. The number of nitrogens with zero attached hydrogens (tertiary/aromatic N) is 1. The van der Waals surface area contributed by atoms with Gasteiger partial charge in [0.1, 0.15) is 5.82 Å². The number of hydrogen-bond acceptors (Lipinski definition) is 2. The number of rotatable bonds is 2. The Bertz CT molecular complexity index is 427. The minimum absolute atomic E-state index is 0.0578. The van der Waals surface area contributed by atoms with Gasteiger partial charge in [0.2, 0.25) is 0 Å². The normalized spacial score (nSPS) is 19.4. The van der Waals surface area contributed by atoms with E-state index in [2.05, 4.69) is 0 Å². The predicted molar refractivity (Wildman–Crippen MR) is 62.5 cm³/mol. The van der Waals surface area contributed by atoms with Crippen LogP contribution in [0.5, 0.6) is 0 Å². The van der Waals surface area contributed by atoms with Crippen LogP contribution in [0, 0.1) is 12.7 Å². The quantitative estimate of drug-likeness (QED) is 0.787. The molecule has 1 atom stereocenters. The molecule has 1 aromatic rings. The highest BCUT2D eigenvalue weighted by atomic mass is 19.1. The first-order chi connectivity index (χ1) is 8.09. The number of aryl methyl sites for hydroxylation is 1. The number of carbonyl (C=O) groups is 1. The Morgan fingerprint density at radius 2 is 2.29 bits per heavy atom. The van der Waals surface area contributed by atoms with Crippen LogP contribution in [0.3, 0.4) is 0 Å². The molecule has 1 unspecified atom stereocenters. The van der Waals surface area contributed by atoms with Gasteiger partial charge in [-0.3, -0.25) is 4.79 Å². The van der Waals surface area contributed by atoms with Crippen molar-refractivity contribution in [2.45, 2.75) is 19.4 Å². The average molecular weight is 237 g/mol. The molecule has 2 rings (SSSR count). The number of carbonyl (C=O) groups excluding carboxylic acids is 1. The van der Waals surface area contributed by atoms with Crippen molar-refractivity contribution >= 4 is 5.91 Å². The molecule has 1 aliphatic heterocycles. The summed E-state index contributed by atoms with van der Waals surface area (Å²) in [7, 11) is 1.70. The molecule has 1 aromatic carbocycles. The summed E-state index contributed by atoms with van der Waals surface area (Å²) in [5.74, 6) is -0.743. The molecule has 92 valence electrons. The number of halogens is 1. The fraction of sp³-hybridized carbons (Fsp3) is 0.462. The van der Waals surface area contributed by atoms with Crippen LogP contribution in [-0.2, 0) is 4.74 Å². The summed E-state index contributed by atoms with van der Waals surface area (Å²) in [5, 5.41) is 0. The van der Waals surface area contributed by atoms with Crippen molar-refractivity contribution in [3.63, 3.8) is 0 Å². The second-order valence-corrected chi connectivity index (χ2v) is 4.42. The molecular weight excluding hydrogens is 221 g/mol. The molecule has 1 aliphatic rings. The summed E-state index contributed by atoms with van der Waals surface area (Å²) in [4.78, 5) is 13.7. The molecule has 4 heteroatoms. The van der Waals surface area contributed by atoms with E-state index in [9.17, 15) is 9.18 Å². The van der Waals surface area contributed by atoms with Gasteiger partial charge in [0.15, 0.2) is 0 Å². The molecule has 0 aromatic heterocycles. The first-order valence-corrected chi connectivity index (χ1v) is 5.70. The largest absolute Gasteiger partial charge is 0.379 e. The Hall–Kier alpha value is -1.42. The van der Waals surface area contributed by atoms with Crippen molar-refractivity contribution in [3.8, 4) is 0 Å². The highest BCUT2D eigenvalue weighted by Gasteiger charge is 2.26. The summed E-state index contributed by atoms with van der Waals surface area (Å²) < 4.78 is 18.8. The molecule has 1 fully saturated rings. The molecule has 0 bridgehead atoms. The molecule has 1 amide bonds. The Balaban J connectivity index is 2.20. The van der Waals surface area contributed by atoms with Gasteiger partial charge in [0, 0.05) is 13.7 Å². The molecular formula is C13H16FNO2. The zero-order valence-electron chi connectivity index (χ0n) is 10.1. The van der Waals surface area contributed by atoms with Crippen LogP contribution in [0.2, 0.25) is 0 Å². The molecule has 1 saturated heterocycles. The van der Waals surface area contributed by atoms with Gasteiger partial charge in [-0.2, -0.15) is 0 Å². The maximum absolute atomic E-state index is 13.6. The van der Waals surface area contributed by atoms with E-state index in [1.807, 2.05) is 6.92 Å². The average Bonchev–Trinajstić information content (AvgIpc) is 2.84. The van der Waals surface area contributed by atoms with E-state index in [1.54, 1.807) is 24.1 Å². The summed E-state index contributed by atoms with van der Waals surface area (Å²) in [6.45, 7) is 3.04. The summed E-state index contributed by atoms with van der Waals surface area (Å²) in [6, 6.07) is 4.64. The van der Waals surface area contributed by atoms with Crippen LogP contribution in [0.25, 0.3) is 0 Å². The standard InChI is InChI=1S/C13H16FNO2/c1-9-3-4-12(14)11(7-9)13(16)15(2)10-5-6-17-8-10/h3-4,7,10H,5-6,8H2,1-2H3. The second kappa shape index (κ2) is 4.84. The minimum atomic E-state index is -0.466. The number of hydrogen-bond donors (Lipinski definition) is 0.